The SMILES string of the molecule is Cc1ccc(NC(=O)c2cnoc2C)c(N)c1. The monoisotopic (exact) mass is 231 g/mol. The van der Waals surface area contributed by atoms with Crippen molar-refractivity contribution in [2.24, 2.45) is 0 Å². The van der Waals surface area contributed by atoms with Gasteiger partial charge in [-0.3, -0.25) is 4.79 Å². The lowest BCUT2D eigenvalue weighted by Gasteiger charge is -2.07. The summed E-state index contributed by atoms with van der Waals surface area (Å²) in [6, 6.07) is 5.45. The molecular weight excluding hydrogens is 218 g/mol. The van der Waals surface area contributed by atoms with Crippen LogP contribution in [0.1, 0.15) is 21.7 Å². The van der Waals surface area contributed by atoms with Crippen LogP contribution in [0.4, 0.5) is 11.4 Å². The summed E-state index contributed by atoms with van der Waals surface area (Å²) >= 11 is 0. The van der Waals surface area contributed by atoms with E-state index in [1.54, 1.807) is 19.1 Å². The lowest BCUT2D eigenvalue weighted by atomic mass is 10.2. The molecule has 3 N–H and O–H groups in total. The molecule has 5 nitrogen and oxygen atoms in total. The first-order valence-electron chi connectivity index (χ1n) is 5.16. The minimum absolute atomic E-state index is 0.278. The summed E-state index contributed by atoms with van der Waals surface area (Å²) in [6.45, 7) is 3.62. The van der Waals surface area contributed by atoms with Gasteiger partial charge in [-0.05, 0) is 31.5 Å². The van der Waals surface area contributed by atoms with Crippen LogP contribution in [-0.4, -0.2) is 11.1 Å². The van der Waals surface area contributed by atoms with Crippen LogP contribution in [0.15, 0.2) is 28.9 Å². The number of benzene rings is 1. The molecule has 0 aliphatic heterocycles. The van der Waals surface area contributed by atoms with Gasteiger partial charge in [0.05, 0.1) is 17.6 Å². The van der Waals surface area contributed by atoms with Crippen LogP contribution >= 0.6 is 0 Å². The van der Waals surface area contributed by atoms with Crippen LogP contribution in [-0.2, 0) is 0 Å². The first-order chi connectivity index (χ1) is 8.08. The van der Waals surface area contributed by atoms with Crippen LogP contribution in [0.3, 0.4) is 0 Å². The van der Waals surface area contributed by atoms with E-state index in [1.165, 1.54) is 6.20 Å². The molecule has 0 radical (unpaired) electrons. The number of hydrogen-bond acceptors (Lipinski definition) is 4. The topological polar surface area (TPSA) is 81.2 Å². The van der Waals surface area contributed by atoms with E-state index in [4.69, 9.17) is 10.3 Å². The van der Waals surface area contributed by atoms with Gasteiger partial charge < -0.3 is 15.6 Å². The molecule has 0 atom stereocenters. The smallest absolute Gasteiger partial charge is 0.260 e. The van der Waals surface area contributed by atoms with E-state index in [0.29, 0.717) is 22.7 Å². The van der Waals surface area contributed by atoms with Crippen molar-refractivity contribution >= 4 is 17.3 Å². The van der Waals surface area contributed by atoms with Gasteiger partial charge in [0.2, 0.25) is 0 Å². The third-order valence-corrected chi connectivity index (χ3v) is 2.45. The van der Waals surface area contributed by atoms with Crippen molar-refractivity contribution in [1.82, 2.24) is 5.16 Å². The van der Waals surface area contributed by atoms with Gasteiger partial charge >= 0.3 is 0 Å². The molecule has 88 valence electrons. The highest BCUT2D eigenvalue weighted by Gasteiger charge is 2.13. The van der Waals surface area contributed by atoms with Gasteiger partial charge in [-0.2, -0.15) is 0 Å². The van der Waals surface area contributed by atoms with E-state index in [9.17, 15) is 4.79 Å². The number of amides is 1. The Balaban J connectivity index is 2.22. The van der Waals surface area contributed by atoms with Crippen LogP contribution in [0, 0.1) is 13.8 Å². The van der Waals surface area contributed by atoms with Gasteiger partial charge in [-0.15, -0.1) is 0 Å². The first kappa shape index (κ1) is 11.2. The summed E-state index contributed by atoms with van der Waals surface area (Å²) < 4.78 is 4.83. The highest BCUT2D eigenvalue weighted by Crippen LogP contribution is 2.20. The summed E-state index contributed by atoms with van der Waals surface area (Å²) in [4.78, 5) is 11.9. The van der Waals surface area contributed by atoms with Crippen LogP contribution in [0.2, 0.25) is 0 Å². The molecule has 0 saturated heterocycles. The summed E-state index contributed by atoms with van der Waals surface area (Å²) in [7, 11) is 0. The predicted molar refractivity (Wildman–Crippen MR) is 64.8 cm³/mol. The Bertz CT molecular complexity index is 561. The van der Waals surface area contributed by atoms with Crippen LogP contribution in [0.5, 0.6) is 0 Å². The zero-order valence-corrected chi connectivity index (χ0v) is 9.65. The van der Waals surface area contributed by atoms with Crippen LogP contribution < -0.4 is 11.1 Å². The second-order valence-electron chi connectivity index (χ2n) is 3.84. The lowest BCUT2D eigenvalue weighted by molar-refractivity contribution is 0.102. The number of carbonyl (C=O) groups is 1. The maximum Gasteiger partial charge on any atom is 0.260 e. The maximum atomic E-state index is 11.9. The average molecular weight is 231 g/mol. The van der Waals surface area contributed by atoms with Crippen molar-refractivity contribution < 1.29 is 9.32 Å². The first-order valence-corrected chi connectivity index (χ1v) is 5.16. The Labute approximate surface area is 98.6 Å². The molecule has 1 aromatic heterocycles. The largest absolute Gasteiger partial charge is 0.397 e. The molecule has 2 aromatic rings. The second-order valence-corrected chi connectivity index (χ2v) is 3.84. The molecule has 0 fully saturated rings. The number of nitrogens with zero attached hydrogens (tertiary/aromatic N) is 1. The lowest BCUT2D eigenvalue weighted by Crippen LogP contribution is -2.13. The van der Waals surface area contributed by atoms with Gasteiger partial charge in [0, 0.05) is 0 Å². The van der Waals surface area contributed by atoms with E-state index in [0.717, 1.165) is 5.56 Å². The van der Waals surface area contributed by atoms with Crippen molar-refractivity contribution in [3.05, 3.63) is 41.3 Å². The van der Waals surface area contributed by atoms with Crippen molar-refractivity contribution in [3.63, 3.8) is 0 Å². The molecule has 0 bridgehead atoms. The number of carbonyl (C=O) groups excluding carboxylic acids is 1. The zero-order chi connectivity index (χ0) is 12.4. The molecule has 1 heterocycles. The summed E-state index contributed by atoms with van der Waals surface area (Å²) in [6.07, 6.45) is 1.38. The molecule has 0 saturated carbocycles. The molecular formula is C12H13N3O2. The van der Waals surface area contributed by atoms with Crippen LogP contribution in [0.25, 0.3) is 0 Å². The maximum absolute atomic E-state index is 11.9. The van der Waals surface area contributed by atoms with E-state index in [2.05, 4.69) is 10.5 Å². The predicted octanol–water partition coefficient (Wildman–Crippen LogP) is 2.13. The molecule has 2 rings (SSSR count). The normalized spacial score (nSPS) is 10.2. The number of hydrogen-bond donors (Lipinski definition) is 2. The third-order valence-electron chi connectivity index (χ3n) is 2.45. The molecule has 17 heavy (non-hydrogen) atoms. The number of rotatable bonds is 2. The van der Waals surface area contributed by atoms with Crippen molar-refractivity contribution in [3.8, 4) is 0 Å². The van der Waals surface area contributed by atoms with E-state index >= 15 is 0 Å². The van der Waals surface area contributed by atoms with E-state index in [-0.39, 0.29) is 5.91 Å². The Kier molecular flexibility index (Phi) is 2.82. The minimum atomic E-state index is -0.278. The molecule has 1 amide bonds. The molecule has 0 aliphatic rings. The fourth-order valence-electron chi connectivity index (χ4n) is 1.50. The number of nitrogen functional groups attached to an aromatic ring is 1. The quantitative estimate of drug-likeness (QED) is 0.776. The Hall–Kier alpha value is -2.30. The number of aryl methyl sites for hydroxylation is 2. The zero-order valence-electron chi connectivity index (χ0n) is 9.65. The van der Waals surface area contributed by atoms with Gasteiger partial charge in [0.1, 0.15) is 11.3 Å². The van der Waals surface area contributed by atoms with Gasteiger partial charge in [0.25, 0.3) is 5.91 Å². The van der Waals surface area contributed by atoms with Crippen molar-refractivity contribution in [2.45, 2.75) is 13.8 Å². The van der Waals surface area contributed by atoms with Gasteiger partial charge in [-0.1, -0.05) is 11.2 Å². The van der Waals surface area contributed by atoms with E-state index < -0.39 is 0 Å². The molecule has 0 unspecified atom stereocenters. The number of nitrogens with two attached hydrogens (primary N) is 1. The highest BCUT2D eigenvalue weighted by atomic mass is 16.5. The summed E-state index contributed by atoms with van der Waals surface area (Å²) in [5.41, 5.74) is 8.38. The number of anilines is 2. The average Bonchev–Trinajstić information content (AvgIpc) is 2.68. The van der Waals surface area contributed by atoms with Crippen molar-refractivity contribution in [2.75, 3.05) is 11.1 Å². The van der Waals surface area contributed by atoms with Crippen molar-refractivity contribution in [1.29, 1.82) is 0 Å². The number of aromatic nitrogens is 1. The second kappa shape index (κ2) is 4.29. The summed E-state index contributed by atoms with van der Waals surface area (Å²) in [5.74, 6) is 0.201. The minimum Gasteiger partial charge on any atom is -0.397 e. The highest BCUT2D eigenvalue weighted by molar-refractivity contribution is 6.06. The Morgan fingerprint density at radius 1 is 1.41 bits per heavy atom. The fourth-order valence-corrected chi connectivity index (χ4v) is 1.50. The number of nitrogens with one attached hydrogen (secondary N) is 1. The summed E-state index contributed by atoms with van der Waals surface area (Å²) in [5, 5.41) is 6.27. The molecule has 5 heteroatoms. The third kappa shape index (κ3) is 2.28. The Morgan fingerprint density at radius 3 is 2.76 bits per heavy atom. The Morgan fingerprint density at radius 2 is 2.18 bits per heavy atom. The van der Waals surface area contributed by atoms with E-state index in [1.807, 2.05) is 13.0 Å². The molecule has 0 spiro atoms. The standard InChI is InChI=1S/C12H13N3O2/c1-7-3-4-11(10(13)5-7)15-12(16)9-6-14-17-8(9)2/h3-6H,13H2,1-2H3,(H,15,16). The molecule has 1 aromatic carbocycles. The molecule has 0 aliphatic carbocycles. The van der Waals surface area contributed by atoms with Gasteiger partial charge in [-0.25, -0.2) is 0 Å². The van der Waals surface area contributed by atoms with Gasteiger partial charge in [0.15, 0.2) is 0 Å². The fraction of sp³-hybridized carbons (Fsp3) is 0.167.